The summed E-state index contributed by atoms with van der Waals surface area (Å²) in [5.41, 5.74) is 6.51. The van der Waals surface area contributed by atoms with Crippen molar-refractivity contribution >= 4 is 27.8 Å². The molecule has 0 fully saturated rings. The summed E-state index contributed by atoms with van der Waals surface area (Å²) in [6.07, 6.45) is -0.638. The summed E-state index contributed by atoms with van der Waals surface area (Å²) < 4.78 is 8.11. The summed E-state index contributed by atoms with van der Waals surface area (Å²) in [7, 11) is 0. The lowest BCUT2D eigenvalue weighted by Gasteiger charge is -2.16. The van der Waals surface area contributed by atoms with Gasteiger partial charge in [0.2, 0.25) is 0 Å². The van der Waals surface area contributed by atoms with Gasteiger partial charge in [0, 0.05) is 22.9 Å². The number of aromatic nitrogens is 1. The Balaban J connectivity index is 1.24. The van der Waals surface area contributed by atoms with E-state index in [9.17, 15) is 9.90 Å². The Labute approximate surface area is 215 Å². The SMILES string of the molecule is O=C(O)C(Cc1ccccc1)Oc1ccc(-c2ccc(-n3c4ccccc4c4ccccc43)cc2)cc1. The van der Waals surface area contributed by atoms with Crippen molar-refractivity contribution in [3.8, 4) is 22.6 Å². The Hall–Kier alpha value is -4.83. The molecule has 5 aromatic carbocycles. The molecule has 6 rings (SSSR count). The van der Waals surface area contributed by atoms with E-state index >= 15 is 0 Å². The highest BCUT2D eigenvalue weighted by atomic mass is 16.5. The average molecular weight is 484 g/mol. The number of carboxylic acid groups (broad SMARTS) is 1. The first-order chi connectivity index (χ1) is 18.2. The highest BCUT2D eigenvalue weighted by Gasteiger charge is 2.20. The zero-order chi connectivity index (χ0) is 25.2. The Morgan fingerprint density at radius 3 is 1.73 bits per heavy atom. The van der Waals surface area contributed by atoms with E-state index in [1.807, 2.05) is 54.6 Å². The lowest BCUT2D eigenvalue weighted by atomic mass is 10.0. The predicted molar refractivity (Wildman–Crippen MR) is 148 cm³/mol. The maximum atomic E-state index is 11.8. The van der Waals surface area contributed by atoms with Crippen LogP contribution < -0.4 is 4.74 Å². The van der Waals surface area contributed by atoms with Crippen molar-refractivity contribution in [2.75, 3.05) is 0 Å². The molecule has 0 radical (unpaired) electrons. The lowest BCUT2D eigenvalue weighted by molar-refractivity contribution is -0.145. The zero-order valence-electron chi connectivity index (χ0n) is 20.1. The van der Waals surface area contributed by atoms with Crippen LogP contribution in [0.3, 0.4) is 0 Å². The van der Waals surface area contributed by atoms with Gasteiger partial charge in [-0.1, -0.05) is 91.0 Å². The number of ether oxygens (including phenoxy) is 1. The number of carboxylic acids is 1. The van der Waals surface area contributed by atoms with Gasteiger partial charge < -0.3 is 14.4 Å². The van der Waals surface area contributed by atoms with Gasteiger partial charge in [0.1, 0.15) is 5.75 Å². The third-order valence-electron chi connectivity index (χ3n) is 6.71. The number of nitrogens with zero attached hydrogens (tertiary/aromatic N) is 1. The number of benzene rings is 5. The monoisotopic (exact) mass is 483 g/mol. The zero-order valence-corrected chi connectivity index (χ0v) is 20.1. The van der Waals surface area contributed by atoms with Crippen LogP contribution in [0.15, 0.2) is 127 Å². The topological polar surface area (TPSA) is 51.5 Å². The molecule has 0 spiro atoms. The number of hydrogen-bond donors (Lipinski definition) is 1. The molecule has 0 aliphatic heterocycles. The molecule has 1 atom stereocenters. The molecule has 4 heteroatoms. The molecule has 0 saturated heterocycles. The summed E-state index contributed by atoms with van der Waals surface area (Å²) >= 11 is 0. The van der Waals surface area contributed by atoms with Crippen LogP contribution in [-0.2, 0) is 11.2 Å². The van der Waals surface area contributed by atoms with E-state index < -0.39 is 12.1 Å². The van der Waals surface area contributed by atoms with E-state index in [1.165, 1.54) is 21.8 Å². The summed E-state index contributed by atoms with van der Waals surface area (Å²) in [5.74, 6) is -0.442. The molecule has 1 aromatic heterocycles. The first-order valence-corrected chi connectivity index (χ1v) is 12.3. The van der Waals surface area contributed by atoms with Crippen molar-refractivity contribution in [1.82, 2.24) is 4.57 Å². The van der Waals surface area contributed by atoms with Crippen molar-refractivity contribution in [2.24, 2.45) is 0 Å². The van der Waals surface area contributed by atoms with Crippen LogP contribution in [0.5, 0.6) is 5.75 Å². The van der Waals surface area contributed by atoms with Crippen molar-refractivity contribution in [3.05, 3.63) is 133 Å². The van der Waals surface area contributed by atoms with Gasteiger partial charge in [-0.25, -0.2) is 4.79 Å². The summed E-state index contributed by atoms with van der Waals surface area (Å²) in [6, 6.07) is 42.6. The van der Waals surface area contributed by atoms with Crippen molar-refractivity contribution < 1.29 is 14.6 Å². The standard InChI is InChI=1S/C33H25NO3/c35-33(36)32(22-23-8-2-1-3-9-23)37-27-20-16-25(17-21-27)24-14-18-26(19-15-24)34-30-12-6-4-10-28(30)29-11-5-7-13-31(29)34/h1-21,32H,22H2,(H,35,36). The van der Waals surface area contributed by atoms with Gasteiger partial charge in [-0.2, -0.15) is 0 Å². The second kappa shape index (κ2) is 9.67. The van der Waals surface area contributed by atoms with Crippen molar-refractivity contribution in [3.63, 3.8) is 0 Å². The molecule has 180 valence electrons. The summed E-state index contributed by atoms with van der Waals surface area (Å²) in [6.45, 7) is 0. The number of carbonyl (C=O) groups is 1. The Morgan fingerprint density at radius 2 is 1.16 bits per heavy atom. The number of aliphatic carboxylic acids is 1. The third kappa shape index (κ3) is 4.45. The summed E-state index contributed by atoms with van der Waals surface area (Å²) in [4.78, 5) is 11.8. The molecule has 1 heterocycles. The van der Waals surface area contributed by atoms with Crippen LogP contribution in [0, 0.1) is 0 Å². The van der Waals surface area contributed by atoms with Crippen molar-refractivity contribution in [2.45, 2.75) is 12.5 Å². The number of para-hydroxylation sites is 2. The Morgan fingerprint density at radius 1 is 0.649 bits per heavy atom. The smallest absolute Gasteiger partial charge is 0.345 e. The van der Waals surface area contributed by atoms with E-state index in [-0.39, 0.29) is 0 Å². The molecular weight excluding hydrogens is 458 g/mol. The fourth-order valence-electron chi connectivity index (χ4n) is 4.90. The largest absolute Gasteiger partial charge is 0.478 e. The van der Waals surface area contributed by atoms with E-state index in [2.05, 4.69) is 77.4 Å². The number of rotatable bonds is 7. The molecule has 6 aromatic rings. The second-order valence-electron chi connectivity index (χ2n) is 9.08. The van der Waals surface area contributed by atoms with Gasteiger partial charge in [-0.05, 0) is 53.1 Å². The minimum Gasteiger partial charge on any atom is -0.478 e. The van der Waals surface area contributed by atoms with Crippen LogP contribution in [0.25, 0.3) is 38.6 Å². The molecule has 1 unspecified atom stereocenters. The van der Waals surface area contributed by atoms with Gasteiger partial charge in [-0.3, -0.25) is 0 Å². The molecule has 0 aliphatic carbocycles. The van der Waals surface area contributed by atoms with Gasteiger partial charge in [-0.15, -0.1) is 0 Å². The highest BCUT2D eigenvalue weighted by molar-refractivity contribution is 6.09. The Kier molecular flexibility index (Phi) is 5.91. The fraction of sp³-hybridized carbons (Fsp3) is 0.0606. The van der Waals surface area contributed by atoms with Crippen LogP contribution in [0.1, 0.15) is 5.56 Å². The lowest BCUT2D eigenvalue weighted by Crippen LogP contribution is -2.29. The minimum absolute atomic E-state index is 0.308. The quantitative estimate of drug-likeness (QED) is 0.255. The minimum atomic E-state index is -0.978. The number of hydrogen-bond acceptors (Lipinski definition) is 2. The average Bonchev–Trinajstić information content (AvgIpc) is 3.28. The molecule has 1 N–H and O–H groups in total. The molecule has 4 nitrogen and oxygen atoms in total. The Bertz CT molecular complexity index is 1630. The first kappa shape index (κ1) is 22.6. The molecule has 0 saturated carbocycles. The van der Waals surface area contributed by atoms with Crippen molar-refractivity contribution in [1.29, 1.82) is 0 Å². The van der Waals surface area contributed by atoms with E-state index in [0.29, 0.717) is 12.2 Å². The summed E-state index contributed by atoms with van der Waals surface area (Å²) in [5, 5.41) is 12.1. The van der Waals surface area contributed by atoms with Gasteiger partial charge in [0.25, 0.3) is 0 Å². The van der Waals surface area contributed by atoms with E-state index in [4.69, 9.17) is 4.74 Å². The maximum absolute atomic E-state index is 11.8. The van der Waals surface area contributed by atoms with E-state index in [1.54, 1.807) is 0 Å². The van der Waals surface area contributed by atoms with Gasteiger partial charge >= 0.3 is 5.97 Å². The second-order valence-corrected chi connectivity index (χ2v) is 9.08. The van der Waals surface area contributed by atoms with Crippen LogP contribution in [-0.4, -0.2) is 21.7 Å². The number of fused-ring (bicyclic) bond motifs is 3. The first-order valence-electron chi connectivity index (χ1n) is 12.3. The maximum Gasteiger partial charge on any atom is 0.345 e. The third-order valence-corrected chi connectivity index (χ3v) is 6.71. The highest BCUT2D eigenvalue weighted by Crippen LogP contribution is 2.32. The van der Waals surface area contributed by atoms with Gasteiger partial charge in [0.05, 0.1) is 11.0 Å². The predicted octanol–water partition coefficient (Wildman–Crippen LogP) is 7.53. The van der Waals surface area contributed by atoms with Crippen LogP contribution in [0.2, 0.25) is 0 Å². The molecule has 0 bridgehead atoms. The van der Waals surface area contributed by atoms with E-state index in [0.717, 1.165) is 22.4 Å². The van der Waals surface area contributed by atoms with Crippen LogP contribution in [0.4, 0.5) is 0 Å². The van der Waals surface area contributed by atoms with Gasteiger partial charge in [0.15, 0.2) is 6.10 Å². The fourth-order valence-corrected chi connectivity index (χ4v) is 4.90. The molecule has 0 aliphatic rings. The van der Waals surface area contributed by atoms with Crippen LogP contribution >= 0.6 is 0 Å². The molecule has 37 heavy (non-hydrogen) atoms. The molecular formula is C33H25NO3. The molecule has 0 amide bonds. The normalized spacial score (nSPS) is 12.0.